The Morgan fingerprint density at radius 3 is 2.69 bits per heavy atom. The molecule has 0 saturated heterocycles. The van der Waals surface area contributed by atoms with E-state index in [1.165, 1.54) is 25.7 Å². The second kappa shape index (κ2) is 5.59. The van der Waals surface area contributed by atoms with Crippen LogP contribution in [-0.2, 0) is 11.3 Å². The van der Waals surface area contributed by atoms with Crippen LogP contribution in [0, 0.1) is 5.92 Å². The van der Waals surface area contributed by atoms with Crippen LogP contribution in [0.25, 0.3) is 0 Å². The Kier molecular flexibility index (Phi) is 4.12. The molecule has 1 aromatic heterocycles. The molecule has 5 heteroatoms. The first-order valence-electron chi connectivity index (χ1n) is 5.89. The molecule has 0 aliphatic heterocycles. The van der Waals surface area contributed by atoms with Gasteiger partial charge in [0, 0.05) is 7.05 Å². The van der Waals surface area contributed by atoms with Crippen LogP contribution in [0.2, 0.25) is 0 Å². The normalized spacial score (nSPS) is 25.6. The molecule has 1 heterocycles. The fourth-order valence-electron chi connectivity index (χ4n) is 2.00. The topological polar surface area (TPSA) is 47.0 Å². The molecule has 1 aliphatic rings. The van der Waals surface area contributed by atoms with Crippen molar-refractivity contribution in [2.75, 3.05) is 12.4 Å². The quantitative estimate of drug-likeness (QED) is 0.880. The van der Waals surface area contributed by atoms with Crippen LogP contribution < -0.4 is 5.32 Å². The van der Waals surface area contributed by atoms with Crippen LogP contribution in [-0.4, -0.2) is 23.3 Å². The van der Waals surface area contributed by atoms with E-state index in [2.05, 4.69) is 22.4 Å². The van der Waals surface area contributed by atoms with Gasteiger partial charge in [0.25, 0.3) is 0 Å². The Hall–Kier alpha value is -0.680. The van der Waals surface area contributed by atoms with Crippen molar-refractivity contribution in [1.29, 1.82) is 0 Å². The van der Waals surface area contributed by atoms with Gasteiger partial charge in [0.05, 0.1) is 6.10 Å². The van der Waals surface area contributed by atoms with E-state index in [9.17, 15) is 0 Å². The molecule has 1 saturated carbocycles. The number of anilines is 1. The molecule has 16 heavy (non-hydrogen) atoms. The van der Waals surface area contributed by atoms with Gasteiger partial charge in [0.2, 0.25) is 5.13 Å². The number of hydrogen-bond acceptors (Lipinski definition) is 5. The van der Waals surface area contributed by atoms with E-state index in [-0.39, 0.29) is 0 Å². The summed E-state index contributed by atoms with van der Waals surface area (Å²) < 4.78 is 5.86. The molecule has 0 unspecified atom stereocenters. The SMILES string of the molecule is CNc1nnc(COC2CCC(C)CC2)s1. The van der Waals surface area contributed by atoms with Crippen LogP contribution in [0.3, 0.4) is 0 Å². The van der Waals surface area contributed by atoms with Crippen molar-refractivity contribution in [3.05, 3.63) is 5.01 Å². The van der Waals surface area contributed by atoms with Gasteiger partial charge >= 0.3 is 0 Å². The lowest BCUT2D eigenvalue weighted by Crippen LogP contribution is -2.20. The summed E-state index contributed by atoms with van der Waals surface area (Å²) >= 11 is 1.56. The Bertz CT molecular complexity index is 321. The van der Waals surface area contributed by atoms with Crippen molar-refractivity contribution in [3.8, 4) is 0 Å². The van der Waals surface area contributed by atoms with E-state index in [4.69, 9.17) is 4.74 Å². The van der Waals surface area contributed by atoms with Crippen molar-refractivity contribution in [3.63, 3.8) is 0 Å². The smallest absolute Gasteiger partial charge is 0.205 e. The Balaban J connectivity index is 1.74. The van der Waals surface area contributed by atoms with E-state index in [1.807, 2.05) is 7.05 Å². The van der Waals surface area contributed by atoms with Crippen LogP contribution in [0.1, 0.15) is 37.6 Å². The number of nitrogens with zero attached hydrogens (tertiary/aromatic N) is 2. The molecule has 1 fully saturated rings. The molecule has 0 amide bonds. The van der Waals surface area contributed by atoms with Crippen LogP contribution in [0.5, 0.6) is 0 Å². The van der Waals surface area contributed by atoms with Gasteiger partial charge in [0.15, 0.2) is 0 Å². The Labute approximate surface area is 100 Å². The van der Waals surface area contributed by atoms with Crippen molar-refractivity contribution in [2.45, 2.75) is 45.3 Å². The van der Waals surface area contributed by atoms with E-state index >= 15 is 0 Å². The fraction of sp³-hybridized carbons (Fsp3) is 0.818. The number of nitrogens with one attached hydrogen (secondary N) is 1. The third kappa shape index (κ3) is 3.15. The molecule has 0 atom stereocenters. The second-order valence-corrected chi connectivity index (χ2v) is 5.51. The predicted octanol–water partition coefficient (Wildman–Crippen LogP) is 2.68. The molecule has 0 aromatic carbocycles. The zero-order valence-electron chi connectivity index (χ0n) is 9.90. The minimum Gasteiger partial charge on any atom is -0.371 e. The summed E-state index contributed by atoms with van der Waals surface area (Å²) in [6.07, 6.45) is 5.40. The van der Waals surface area contributed by atoms with Gasteiger partial charge in [-0.15, -0.1) is 10.2 Å². The third-order valence-electron chi connectivity index (χ3n) is 3.09. The summed E-state index contributed by atoms with van der Waals surface area (Å²) in [5.74, 6) is 0.872. The predicted molar refractivity (Wildman–Crippen MR) is 65.7 cm³/mol. The summed E-state index contributed by atoms with van der Waals surface area (Å²) in [4.78, 5) is 0. The standard InChI is InChI=1S/C11H19N3OS/c1-8-3-5-9(6-4-8)15-7-10-13-14-11(12-2)16-10/h8-9H,3-7H2,1-2H3,(H,12,14). The summed E-state index contributed by atoms with van der Waals surface area (Å²) in [5, 5.41) is 12.9. The molecule has 4 nitrogen and oxygen atoms in total. The lowest BCUT2D eigenvalue weighted by atomic mass is 9.89. The Morgan fingerprint density at radius 2 is 2.06 bits per heavy atom. The van der Waals surface area contributed by atoms with Crippen LogP contribution in [0.15, 0.2) is 0 Å². The van der Waals surface area contributed by atoms with Gasteiger partial charge in [-0.3, -0.25) is 0 Å². The van der Waals surface area contributed by atoms with Crippen molar-refractivity contribution in [1.82, 2.24) is 10.2 Å². The number of hydrogen-bond donors (Lipinski definition) is 1. The average molecular weight is 241 g/mol. The highest BCUT2D eigenvalue weighted by atomic mass is 32.1. The summed E-state index contributed by atoms with van der Waals surface area (Å²) in [6, 6.07) is 0. The summed E-state index contributed by atoms with van der Waals surface area (Å²) in [6.45, 7) is 2.93. The van der Waals surface area contributed by atoms with Gasteiger partial charge < -0.3 is 10.1 Å². The van der Waals surface area contributed by atoms with E-state index in [0.717, 1.165) is 16.1 Å². The second-order valence-electron chi connectivity index (χ2n) is 4.44. The first-order chi connectivity index (χ1) is 7.78. The monoisotopic (exact) mass is 241 g/mol. The number of ether oxygens (including phenoxy) is 1. The van der Waals surface area contributed by atoms with Gasteiger partial charge in [-0.1, -0.05) is 18.3 Å². The van der Waals surface area contributed by atoms with Gasteiger partial charge in [0.1, 0.15) is 11.6 Å². The zero-order chi connectivity index (χ0) is 11.4. The van der Waals surface area contributed by atoms with Crippen molar-refractivity contribution < 1.29 is 4.74 Å². The molecule has 90 valence electrons. The third-order valence-corrected chi connectivity index (χ3v) is 4.00. The van der Waals surface area contributed by atoms with E-state index in [0.29, 0.717) is 12.7 Å². The van der Waals surface area contributed by atoms with Crippen LogP contribution in [0.4, 0.5) is 5.13 Å². The molecular weight excluding hydrogens is 222 g/mol. The van der Waals surface area contributed by atoms with Crippen molar-refractivity contribution >= 4 is 16.5 Å². The van der Waals surface area contributed by atoms with Gasteiger partial charge in [-0.05, 0) is 31.6 Å². The molecule has 2 rings (SSSR count). The maximum Gasteiger partial charge on any atom is 0.205 e. The highest BCUT2D eigenvalue weighted by Crippen LogP contribution is 2.26. The lowest BCUT2D eigenvalue weighted by molar-refractivity contribution is 0.00849. The molecular formula is C11H19N3OS. The maximum atomic E-state index is 5.86. The maximum absolute atomic E-state index is 5.86. The van der Waals surface area contributed by atoms with Gasteiger partial charge in [-0.2, -0.15) is 0 Å². The molecule has 0 bridgehead atoms. The molecule has 1 N–H and O–H groups in total. The molecule has 0 radical (unpaired) electrons. The average Bonchev–Trinajstić information content (AvgIpc) is 2.76. The number of rotatable bonds is 4. The lowest BCUT2D eigenvalue weighted by Gasteiger charge is -2.25. The molecule has 1 aliphatic carbocycles. The van der Waals surface area contributed by atoms with E-state index in [1.54, 1.807) is 11.3 Å². The first-order valence-corrected chi connectivity index (χ1v) is 6.71. The fourth-order valence-corrected chi connectivity index (χ4v) is 2.61. The zero-order valence-corrected chi connectivity index (χ0v) is 10.7. The highest BCUT2D eigenvalue weighted by molar-refractivity contribution is 7.15. The van der Waals surface area contributed by atoms with E-state index < -0.39 is 0 Å². The summed E-state index contributed by atoms with van der Waals surface area (Å²) in [5.41, 5.74) is 0. The van der Waals surface area contributed by atoms with Crippen LogP contribution >= 0.6 is 11.3 Å². The largest absolute Gasteiger partial charge is 0.371 e. The van der Waals surface area contributed by atoms with Crippen molar-refractivity contribution in [2.24, 2.45) is 5.92 Å². The first kappa shape index (κ1) is 11.8. The highest BCUT2D eigenvalue weighted by Gasteiger charge is 2.19. The van der Waals surface area contributed by atoms with Gasteiger partial charge in [-0.25, -0.2) is 0 Å². The summed E-state index contributed by atoms with van der Waals surface area (Å²) in [7, 11) is 1.85. The minimum absolute atomic E-state index is 0.429. The molecule has 1 aromatic rings. The molecule has 0 spiro atoms. The Morgan fingerprint density at radius 1 is 1.31 bits per heavy atom. The minimum atomic E-state index is 0.429. The number of aromatic nitrogens is 2.